The van der Waals surface area contributed by atoms with Gasteiger partial charge in [-0.15, -0.1) is 0 Å². The molecule has 0 radical (unpaired) electrons. The molecule has 0 bridgehead atoms. The molecule has 0 fully saturated rings. The number of fused-ring (bicyclic) bond motifs is 1. The zero-order chi connectivity index (χ0) is 7.90. The van der Waals surface area contributed by atoms with Gasteiger partial charge in [0.25, 0.3) is 0 Å². The zero-order valence-corrected chi connectivity index (χ0v) is 7.22. The van der Waals surface area contributed by atoms with Crippen molar-refractivity contribution in [3.05, 3.63) is 35.4 Å². The highest BCUT2D eigenvalue weighted by atomic mass is 14.3. The SMILES string of the molecule is C.CC1(C)CCc2ccccc21. The van der Waals surface area contributed by atoms with E-state index in [2.05, 4.69) is 38.1 Å². The van der Waals surface area contributed by atoms with Gasteiger partial charge in [0.1, 0.15) is 0 Å². The number of hydrogen-bond donors (Lipinski definition) is 0. The number of aryl methyl sites for hydroxylation is 1. The minimum absolute atomic E-state index is 0. The molecule has 0 nitrogen and oxygen atoms in total. The predicted molar refractivity (Wildman–Crippen MR) is 54.5 cm³/mol. The molecule has 12 heavy (non-hydrogen) atoms. The van der Waals surface area contributed by atoms with Crippen molar-refractivity contribution >= 4 is 0 Å². The lowest BCUT2D eigenvalue weighted by atomic mass is 9.87. The minimum Gasteiger partial charge on any atom is -0.0776 e. The van der Waals surface area contributed by atoms with Gasteiger partial charge in [0, 0.05) is 0 Å². The van der Waals surface area contributed by atoms with Crippen molar-refractivity contribution in [3.8, 4) is 0 Å². The van der Waals surface area contributed by atoms with Crippen molar-refractivity contribution in [1.82, 2.24) is 0 Å². The van der Waals surface area contributed by atoms with Crippen LogP contribution in [0.5, 0.6) is 0 Å². The Kier molecular flexibility index (Phi) is 2.27. The first-order valence-electron chi connectivity index (χ1n) is 4.28. The highest BCUT2D eigenvalue weighted by Crippen LogP contribution is 2.37. The van der Waals surface area contributed by atoms with E-state index < -0.39 is 0 Å². The van der Waals surface area contributed by atoms with Crippen LogP contribution in [0, 0.1) is 0 Å². The Hall–Kier alpha value is -0.780. The predicted octanol–water partition coefficient (Wildman–Crippen LogP) is 3.55. The zero-order valence-electron chi connectivity index (χ0n) is 7.22. The summed E-state index contributed by atoms with van der Waals surface area (Å²) in [7, 11) is 0. The fraction of sp³-hybridized carbons (Fsp3) is 0.500. The average molecular weight is 162 g/mol. The quantitative estimate of drug-likeness (QED) is 0.547. The summed E-state index contributed by atoms with van der Waals surface area (Å²) < 4.78 is 0. The van der Waals surface area contributed by atoms with E-state index in [1.54, 1.807) is 11.1 Å². The van der Waals surface area contributed by atoms with Crippen LogP contribution in [0.3, 0.4) is 0 Å². The second-order valence-corrected chi connectivity index (χ2v) is 4.04. The van der Waals surface area contributed by atoms with Gasteiger partial charge in [-0.05, 0) is 29.4 Å². The van der Waals surface area contributed by atoms with Gasteiger partial charge >= 0.3 is 0 Å². The number of hydrogen-bond acceptors (Lipinski definition) is 0. The smallest absolute Gasteiger partial charge is 0.00977 e. The van der Waals surface area contributed by atoms with Gasteiger partial charge in [-0.25, -0.2) is 0 Å². The molecule has 0 saturated heterocycles. The van der Waals surface area contributed by atoms with Gasteiger partial charge in [0.05, 0.1) is 0 Å². The lowest BCUT2D eigenvalue weighted by Gasteiger charge is -2.18. The highest BCUT2D eigenvalue weighted by molar-refractivity contribution is 5.37. The van der Waals surface area contributed by atoms with E-state index in [9.17, 15) is 0 Å². The Labute approximate surface area is 75.6 Å². The summed E-state index contributed by atoms with van der Waals surface area (Å²) in [4.78, 5) is 0. The molecule has 2 rings (SSSR count). The maximum Gasteiger partial charge on any atom is -0.00977 e. The van der Waals surface area contributed by atoms with Crippen LogP contribution in [0.25, 0.3) is 0 Å². The first-order chi connectivity index (χ1) is 5.20. The Morgan fingerprint density at radius 2 is 1.83 bits per heavy atom. The van der Waals surface area contributed by atoms with E-state index in [-0.39, 0.29) is 7.43 Å². The lowest BCUT2D eigenvalue weighted by molar-refractivity contribution is 0.522. The third-order valence-electron chi connectivity index (χ3n) is 2.77. The summed E-state index contributed by atoms with van der Waals surface area (Å²) in [6, 6.07) is 8.80. The molecular weight excluding hydrogens is 144 g/mol. The summed E-state index contributed by atoms with van der Waals surface area (Å²) in [6.07, 6.45) is 2.58. The van der Waals surface area contributed by atoms with Crippen LogP contribution in [0.4, 0.5) is 0 Å². The van der Waals surface area contributed by atoms with Crippen LogP contribution < -0.4 is 0 Å². The van der Waals surface area contributed by atoms with Crippen LogP contribution in [-0.4, -0.2) is 0 Å². The molecule has 66 valence electrons. The fourth-order valence-corrected chi connectivity index (χ4v) is 1.98. The monoisotopic (exact) mass is 162 g/mol. The van der Waals surface area contributed by atoms with E-state index in [0.29, 0.717) is 5.41 Å². The van der Waals surface area contributed by atoms with Crippen molar-refractivity contribution < 1.29 is 0 Å². The van der Waals surface area contributed by atoms with Crippen molar-refractivity contribution in [2.75, 3.05) is 0 Å². The molecule has 0 amide bonds. The summed E-state index contributed by atoms with van der Waals surface area (Å²) in [6.45, 7) is 4.66. The van der Waals surface area contributed by atoms with E-state index in [4.69, 9.17) is 0 Å². The van der Waals surface area contributed by atoms with Gasteiger partial charge in [-0.1, -0.05) is 45.5 Å². The van der Waals surface area contributed by atoms with E-state index in [1.807, 2.05) is 0 Å². The largest absolute Gasteiger partial charge is 0.0776 e. The molecule has 0 spiro atoms. The average Bonchev–Trinajstić information content (AvgIpc) is 2.29. The maximum absolute atomic E-state index is 2.33. The molecule has 0 aliphatic heterocycles. The van der Waals surface area contributed by atoms with Crippen LogP contribution in [0.2, 0.25) is 0 Å². The molecule has 0 saturated carbocycles. The van der Waals surface area contributed by atoms with Crippen LogP contribution in [-0.2, 0) is 11.8 Å². The molecule has 1 aromatic carbocycles. The molecule has 0 heteroatoms. The Balaban J connectivity index is 0.000000720. The third-order valence-corrected chi connectivity index (χ3v) is 2.77. The van der Waals surface area contributed by atoms with E-state index in [0.717, 1.165) is 0 Å². The lowest BCUT2D eigenvalue weighted by Crippen LogP contribution is -2.11. The molecule has 0 N–H and O–H groups in total. The normalized spacial score (nSPS) is 18.2. The van der Waals surface area contributed by atoms with Gasteiger partial charge < -0.3 is 0 Å². The Morgan fingerprint density at radius 3 is 2.50 bits per heavy atom. The first kappa shape index (κ1) is 9.31. The third kappa shape index (κ3) is 1.26. The molecule has 0 heterocycles. The second-order valence-electron chi connectivity index (χ2n) is 4.04. The van der Waals surface area contributed by atoms with Gasteiger partial charge in [0.15, 0.2) is 0 Å². The van der Waals surface area contributed by atoms with Crippen molar-refractivity contribution in [3.63, 3.8) is 0 Å². The van der Waals surface area contributed by atoms with Crippen molar-refractivity contribution in [1.29, 1.82) is 0 Å². The Morgan fingerprint density at radius 1 is 1.17 bits per heavy atom. The summed E-state index contributed by atoms with van der Waals surface area (Å²) in [5, 5.41) is 0. The molecule has 0 unspecified atom stereocenters. The van der Waals surface area contributed by atoms with Crippen LogP contribution in [0.15, 0.2) is 24.3 Å². The topological polar surface area (TPSA) is 0 Å². The molecule has 0 aromatic heterocycles. The second kappa shape index (κ2) is 2.93. The molecule has 1 aliphatic rings. The number of benzene rings is 1. The number of rotatable bonds is 0. The first-order valence-corrected chi connectivity index (χ1v) is 4.28. The molecule has 1 aromatic rings. The summed E-state index contributed by atoms with van der Waals surface area (Å²) in [5.74, 6) is 0. The summed E-state index contributed by atoms with van der Waals surface area (Å²) in [5.41, 5.74) is 3.54. The molecular formula is C12H18. The summed E-state index contributed by atoms with van der Waals surface area (Å²) >= 11 is 0. The van der Waals surface area contributed by atoms with Crippen LogP contribution in [0.1, 0.15) is 38.8 Å². The minimum atomic E-state index is 0. The molecule has 0 atom stereocenters. The van der Waals surface area contributed by atoms with Crippen LogP contribution >= 0.6 is 0 Å². The van der Waals surface area contributed by atoms with E-state index in [1.165, 1.54) is 12.8 Å². The Bertz CT molecular complexity index is 271. The van der Waals surface area contributed by atoms with Gasteiger partial charge in [-0.3, -0.25) is 0 Å². The maximum atomic E-state index is 2.33. The van der Waals surface area contributed by atoms with E-state index >= 15 is 0 Å². The van der Waals surface area contributed by atoms with Crippen molar-refractivity contribution in [2.24, 2.45) is 0 Å². The molecule has 1 aliphatic carbocycles. The van der Waals surface area contributed by atoms with Crippen molar-refractivity contribution in [2.45, 2.75) is 39.5 Å². The fourth-order valence-electron chi connectivity index (χ4n) is 1.98. The van der Waals surface area contributed by atoms with Gasteiger partial charge in [-0.2, -0.15) is 0 Å². The highest BCUT2D eigenvalue weighted by Gasteiger charge is 2.28. The standard InChI is InChI=1S/C11H14.CH4/c1-11(2)8-7-9-5-3-4-6-10(9)11;/h3-6H,7-8H2,1-2H3;1H4. The van der Waals surface area contributed by atoms with Gasteiger partial charge in [0.2, 0.25) is 0 Å².